The molecule has 0 aliphatic carbocycles. The molecular weight excluding hydrogens is 502 g/mol. The van der Waals surface area contributed by atoms with Gasteiger partial charge in [-0.2, -0.15) is 0 Å². The van der Waals surface area contributed by atoms with Gasteiger partial charge in [-0.3, -0.25) is 4.79 Å². The lowest BCUT2D eigenvalue weighted by molar-refractivity contribution is -0.148. The number of carbonyl (C=O) groups excluding carboxylic acids is 2. The summed E-state index contributed by atoms with van der Waals surface area (Å²) in [5.41, 5.74) is 3.59. The zero-order valence-electron chi connectivity index (χ0n) is 24.2. The lowest BCUT2D eigenvalue weighted by Crippen LogP contribution is -2.61. The molecule has 3 atom stereocenters. The Kier molecular flexibility index (Phi) is 9.50. The molecule has 3 aliphatic heterocycles. The number of benzene rings is 2. The van der Waals surface area contributed by atoms with Gasteiger partial charge < -0.3 is 24.6 Å². The van der Waals surface area contributed by atoms with Gasteiger partial charge >= 0.3 is 6.03 Å². The topological polar surface area (TPSA) is 71.1 Å². The van der Waals surface area contributed by atoms with E-state index in [1.165, 1.54) is 11.1 Å². The smallest absolute Gasteiger partial charge is 0.317 e. The van der Waals surface area contributed by atoms with Crippen molar-refractivity contribution in [3.8, 4) is 11.5 Å². The first-order chi connectivity index (χ1) is 19.6. The van der Waals surface area contributed by atoms with Gasteiger partial charge in [-0.1, -0.05) is 57.0 Å². The number of nitrogens with one attached hydrogen (secondary N) is 1. The molecule has 2 saturated heterocycles. The Morgan fingerprint density at radius 1 is 1.00 bits per heavy atom. The molecule has 2 aromatic rings. The van der Waals surface area contributed by atoms with Crippen molar-refractivity contribution >= 4 is 11.9 Å². The summed E-state index contributed by atoms with van der Waals surface area (Å²) in [5, 5.41) is 3.14. The quantitative estimate of drug-likeness (QED) is 0.355. The third-order valence-electron chi connectivity index (χ3n) is 8.71. The molecule has 0 unspecified atom stereocenters. The average molecular weight is 548 g/mol. The molecule has 0 spiro atoms. The number of hydrogen-bond acceptors (Lipinski definition) is 4. The largest absolute Gasteiger partial charge is 0.490 e. The number of amides is 3. The molecular formula is C33H45N3O4. The van der Waals surface area contributed by atoms with E-state index >= 15 is 0 Å². The summed E-state index contributed by atoms with van der Waals surface area (Å²) in [7, 11) is 0. The lowest BCUT2D eigenvalue weighted by Gasteiger charge is -2.51. The van der Waals surface area contributed by atoms with Crippen molar-refractivity contribution in [1.29, 1.82) is 0 Å². The standard InChI is InChI=1S/C33H45N3O4/c1-3-5-19-39-30-21-25-15-18-35-29(27(25)22-31(30)40-20-6-4-2)23-28-26(32(35)37)13-10-17-36(28)33(38)34-16-14-24-11-8-7-9-12-24/h7-9,11-12,21-22,26,28-29H,3-6,10,13-20,23H2,1-2H3,(H,34,38)/t26-,28-,29+/m1/s1. The summed E-state index contributed by atoms with van der Waals surface area (Å²) in [6.07, 6.45) is 8.22. The zero-order valence-corrected chi connectivity index (χ0v) is 24.2. The monoisotopic (exact) mass is 547 g/mol. The van der Waals surface area contributed by atoms with Gasteiger partial charge in [0.1, 0.15) is 0 Å². The fourth-order valence-electron chi connectivity index (χ4n) is 6.50. The van der Waals surface area contributed by atoms with Gasteiger partial charge in [0.2, 0.25) is 5.91 Å². The third kappa shape index (κ3) is 6.24. The van der Waals surface area contributed by atoms with Crippen molar-refractivity contribution in [2.24, 2.45) is 5.92 Å². The Hall–Kier alpha value is -3.22. The number of carbonyl (C=O) groups is 2. The van der Waals surface area contributed by atoms with E-state index in [9.17, 15) is 9.59 Å². The summed E-state index contributed by atoms with van der Waals surface area (Å²) in [6, 6.07) is 14.3. The predicted octanol–water partition coefficient (Wildman–Crippen LogP) is 5.91. The van der Waals surface area contributed by atoms with Crippen LogP contribution in [0.4, 0.5) is 4.79 Å². The van der Waals surface area contributed by atoms with Crippen LogP contribution in [0, 0.1) is 5.92 Å². The molecule has 0 saturated carbocycles. The van der Waals surface area contributed by atoms with Crippen molar-refractivity contribution in [2.45, 2.75) is 83.7 Å². The van der Waals surface area contributed by atoms with Crippen LogP contribution in [0.15, 0.2) is 42.5 Å². The van der Waals surface area contributed by atoms with Gasteiger partial charge in [0.15, 0.2) is 11.5 Å². The Labute approximate surface area is 239 Å². The van der Waals surface area contributed by atoms with Crippen LogP contribution in [0.2, 0.25) is 0 Å². The molecule has 2 fully saturated rings. The first-order valence-corrected chi connectivity index (χ1v) is 15.4. The second-order valence-electron chi connectivity index (χ2n) is 11.4. The van der Waals surface area contributed by atoms with E-state index in [4.69, 9.17) is 9.47 Å². The molecule has 2 aromatic carbocycles. The van der Waals surface area contributed by atoms with Crippen LogP contribution in [0.1, 0.15) is 81.5 Å². The highest BCUT2D eigenvalue weighted by Gasteiger charge is 2.48. The first-order valence-electron chi connectivity index (χ1n) is 15.4. The summed E-state index contributed by atoms with van der Waals surface area (Å²) in [5.74, 6) is 1.67. The van der Waals surface area contributed by atoms with Gasteiger partial charge in [0.25, 0.3) is 0 Å². The van der Waals surface area contributed by atoms with Crippen molar-refractivity contribution in [3.05, 3.63) is 59.2 Å². The molecule has 216 valence electrons. The van der Waals surface area contributed by atoms with E-state index in [2.05, 4.69) is 48.3 Å². The molecule has 0 aromatic heterocycles. The molecule has 3 aliphatic rings. The Balaban J connectivity index is 1.34. The molecule has 3 amide bonds. The van der Waals surface area contributed by atoms with Crippen LogP contribution in [0.5, 0.6) is 11.5 Å². The number of nitrogens with zero attached hydrogens (tertiary/aromatic N) is 2. The molecule has 3 heterocycles. The minimum Gasteiger partial charge on any atom is -0.490 e. The van der Waals surface area contributed by atoms with E-state index in [1.54, 1.807) is 0 Å². The fourth-order valence-corrected chi connectivity index (χ4v) is 6.50. The van der Waals surface area contributed by atoms with E-state index in [0.717, 1.165) is 74.8 Å². The summed E-state index contributed by atoms with van der Waals surface area (Å²) in [4.78, 5) is 31.2. The van der Waals surface area contributed by atoms with Crippen molar-refractivity contribution in [2.75, 3.05) is 32.8 Å². The maximum Gasteiger partial charge on any atom is 0.317 e. The van der Waals surface area contributed by atoms with Gasteiger partial charge in [-0.05, 0) is 73.8 Å². The van der Waals surface area contributed by atoms with Crippen LogP contribution < -0.4 is 14.8 Å². The van der Waals surface area contributed by atoms with E-state index in [-0.39, 0.29) is 29.9 Å². The molecule has 40 heavy (non-hydrogen) atoms. The van der Waals surface area contributed by atoms with Crippen LogP contribution in [-0.2, 0) is 17.6 Å². The Bertz CT molecular complexity index is 1150. The highest BCUT2D eigenvalue weighted by atomic mass is 16.5. The number of likely N-dealkylation sites (tertiary alicyclic amines) is 1. The Morgan fingerprint density at radius 2 is 1.73 bits per heavy atom. The number of urea groups is 1. The predicted molar refractivity (Wildman–Crippen MR) is 157 cm³/mol. The number of fused-ring (bicyclic) bond motifs is 4. The van der Waals surface area contributed by atoms with Crippen LogP contribution in [-0.4, -0.2) is 60.6 Å². The van der Waals surface area contributed by atoms with Crippen LogP contribution >= 0.6 is 0 Å². The fraction of sp³-hybridized carbons (Fsp3) is 0.576. The minimum absolute atomic E-state index is 0.0477. The number of ether oxygens (including phenoxy) is 2. The maximum atomic E-state index is 13.8. The molecule has 1 N–H and O–H groups in total. The van der Waals surface area contributed by atoms with Crippen molar-refractivity contribution in [1.82, 2.24) is 15.1 Å². The van der Waals surface area contributed by atoms with Gasteiger partial charge in [-0.15, -0.1) is 0 Å². The van der Waals surface area contributed by atoms with E-state index < -0.39 is 0 Å². The van der Waals surface area contributed by atoms with Crippen molar-refractivity contribution in [3.63, 3.8) is 0 Å². The number of hydrogen-bond donors (Lipinski definition) is 1. The highest BCUT2D eigenvalue weighted by Crippen LogP contribution is 2.46. The zero-order chi connectivity index (χ0) is 27.9. The molecule has 7 nitrogen and oxygen atoms in total. The van der Waals surface area contributed by atoms with Crippen LogP contribution in [0.25, 0.3) is 0 Å². The minimum atomic E-state index is -0.122. The second-order valence-corrected chi connectivity index (χ2v) is 11.4. The van der Waals surface area contributed by atoms with Gasteiger partial charge in [0.05, 0.1) is 25.2 Å². The SMILES string of the molecule is CCCCOc1cc2c(cc1OCCCC)[C@@H]1C[C@@H]3[C@@H](CCCN3C(=O)NCCc3ccccc3)C(=O)N1CC2. The number of rotatable bonds is 11. The van der Waals surface area contributed by atoms with Crippen molar-refractivity contribution < 1.29 is 19.1 Å². The maximum absolute atomic E-state index is 13.8. The average Bonchev–Trinajstić information content (AvgIpc) is 2.98. The van der Waals surface area contributed by atoms with Crippen LogP contribution in [0.3, 0.4) is 0 Å². The first kappa shape index (κ1) is 28.3. The second kappa shape index (κ2) is 13.4. The summed E-state index contributed by atoms with van der Waals surface area (Å²) in [6.45, 7) is 7.63. The highest BCUT2D eigenvalue weighted by molar-refractivity contribution is 5.83. The van der Waals surface area contributed by atoms with E-state index in [0.29, 0.717) is 32.8 Å². The summed E-state index contributed by atoms with van der Waals surface area (Å²) < 4.78 is 12.4. The van der Waals surface area contributed by atoms with Gasteiger partial charge in [0, 0.05) is 25.7 Å². The summed E-state index contributed by atoms with van der Waals surface area (Å²) >= 11 is 0. The molecule has 5 rings (SSSR count). The molecule has 0 radical (unpaired) electrons. The van der Waals surface area contributed by atoms with E-state index in [1.807, 2.05) is 23.1 Å². The van der Waals surface area contributed by atoms with Gasteiger partial charge in [-0.25, -0.2) is 4.79 Å². The Morgan fingerprint density at radius 3 is 2.45 bits per heavy atom. The number of piperidine rings is 2. The number of unbranched alkanes of at least 4 members (excludes halogenated alkanes) is 2. The molecule has 7 heteroatoms. The third-order valence-corrected chi connectivity index (χ3v) is 8.71. The lowest BCUT2D eigenvalue weighted by atomic mass is 9.76. The normalized spacial score (nSPS) is 21.8. The molecule has 0 bridgehead atoms.